The zero-order chi connectivity index (χ0) is 28.3. The van der Waals surface area contributed by atoms with E-state index in [4.69, 9.17) is 14.6 Å². The van der Waals surface area contributed by atoms with Gasteiger partial charge < -0.3 is 25.0 Å². The zero-order valence-electron chi connectivity index (χ0n) is 20.6. The van der Waals surface area contributed by atoms with Gasteiger partial charge in [-0.25, -0.2) is 9.18 Å². The summed E-state index contributed by atoms with van der Waals surface area (Å²) in [6.45, 7) is 4.50. The number of nitrogens with one attached hydrogen (secondary N) is 2. The molecule has 1 unspecified atom stereocenters. The van der Waals surface area contributed by atoms with E-state index in [1.54, 1.807) is 17.2 Å². The van der Waals surface area contributed by atoms with Gasteiger partial charge in [-0.15, -0.1) is 0 Å². The zero-order valence-corrected chi connectivity index (χ0v) is 20.6. The summed E-state index contributed by atoms with van der Waals surface area (Å²) < 4.78 is 51.8. The number of halogens is 4. The van der Waals surface area contributed by atoms with Crippen LogP contribution in [0.2, 0.25) is 0 Å². The summed E-state index contributed by atoms with van der Waals surface area (Å²) >= 11 is 0. The molecule has 1 aromatic carbocycles. The summed E-state index contributed by atoms with van der Waals surface area (Å²) in [4.78, 5) is 43.1. The van der Waals surface area contributed by atoms with Crippen LogP contribution >= 0.6 is 0 Å². The number of morpholine rings is 1. The number of ether oxygens (including phenoxy) is 1. The van der Waals surface area contributed by atoms with Crippen molar-refractivity contribution in [2.45, 2.75) is 19.0 Å². The number of alkyl halides is 3. The third-order valence-corrected chi connectivity index (χ3v) is 6.26. The van der Waals surface area contributed by atoms with E-state index in [9.17, 15) is 27.2 Å². The molecule has 3 N–H and O–H groups in total. The Hall–Kier alpha value is -4.26. The molecule has 1 saturated heterocycles. The highest BCUT2D eigenvalue weighted by Crippen LogP contribution is 2.31. The van der Waals surface area contributed by atoms with Gasteiger partial charge >= 0.3 is 12.1 Å². The first kappa shape index (κ1) is 27.8. The number of carbonyl (C=O) groups excluding carboxylic acids is 2. The maximum Gasteiger partial charge on any atom is 0.490 e. The number of aromatic amines is 1. The van der Waals surface area contributed by atoms with Crippen LogP contribution in [-0.2, 0) is 9.53 Å². The fourth-order valence-electron chi connectivity index (χ4n) is 4.19. The van der Waals surface area contributed by atoms with Gasteiger partial charge in [0.1, 0.15) is 5.82 Å². The molecular formula is C26H24F4N4O5. The Labute approximate surface area is 219 Å². The number of aromatic nitrogens is 2. The van der Waals surface area contributed by atoms with Gasteiger partial charge in [0.2, 0.25) is 0 Å². The molecule has 0 radical (unpaired) electrons. The molecule has 1 fully saturated rings. The van der Waals surface area contributed by atoms with E-state index in [-0.39, 0.29) is 23.3 Å². The smallest absolute Gasteiger partial charge is 0.475 e. The van der Waals surface area contributed by atoms with E-state index in [0.717, 1.165) is 17.0 Å². The maximum atomic E-state index is 14.8. The second kappa shape index (κ2) is 11.2. The molecular weight excluding hydrogens is 524 g/mol. The number of nitrogens with zero attached hydrogens (tertiary/aromatic N) is 2. The SMILES string of the molecule is CC1CNC(=O)c2cc(-c3ccnc(-c4ccc(C(=O)N5CCOCC5)c(F)c4)c3)[nH]c21.O=C(O)C(F)(F)F. The summed E-state index contributed by atoms with van der Waals surface area (Å²) in [6.07, 6.45) is -3.43. The Morgan fingerprint density at radius 3 is 2.41 bits per heavy atom. The number of fused-ring (bicyclic) bond motifs is 1. The average molecular weight is 548 g/mol. The van der Waals surface area contributed by atoms with Crippen molar-refractivity contribution in [2.24, 2.45) is 0 Å². The van der Waals surface area contributed by atoms with E-state index in [1.807, 2.05) is 18.2 Å². The summed E-state index contributed by atoms with van der Waals surface area (Å²) in [5, 5.41) is 10.0. The van der Waals surface area contributed by atoms with Crippen LogP contribution in [0.3, 0.4) is 0 Å². The van der Waals surface area contributed by atoms with Crippen molar-refractivity contribution in [2.75, 3.05) is 32.8 Å². The van der Waals surface area contributed by atoms with Gasteiger partial charge in [0, 0.05) is 54.3 Å². The molecule has 2 aliphatic heterocycles. The lowest BCUT2D eigenvalue weighted by molar-refractivity contribution is -0.192. The van der Waals surface area contributed by atoms with Gasteiger partial charge in [-0.1, -0.05) is 13.0 Å². The van der Waals surface area contributed by atoms with Crippen LogP contribution in [0, 0.1) is 5.82 Å². The Morgan fingerprint density at radius 1 is 1.10 bits per heavy atom. The van der Waals surface area contributed by atoms with E-state index in [1.165, 1.54) is 12.1 Å². The number of carbonyl (C=O) groups is 3. The van der Waals surface area contributed by atoms with Crippen LogP contribution in [0.4, 0.5) is 17.6 Å². The van der Waals surface area contributed by atoms with Crippen molar-refractivity contribution in [3.63, 3.8) is 0 Å². The predicted molar refractivity (Wildman–Crippen MR) is 131 cm³/mol. The van der Waals surface area contributed by atoms with Crippen LogP contribution in [0.25, 0.3) is 22.5 Å². The van der Waals surface area contributed by atoms with Crippen molar-refractivity contribution in [3.05, 3.63) is 65.2 Å². The van der Waals surface area contributed by atoms with Gasteiger partial charge in [-0.05, 0) is 30.3 Å². The average Bonchev–Trinajstić information content (AvgIpc) is 3.38. The number of benzene rings is 1. The van der Waals surface area contributed by atoms with E-state index in [0.29, 0.717) is 49.7 Å². The molecule has 0 aliphatic carbocycles. The Balaban J connectivity index is 0.000000448. The summed E-state index contributed by atoms with van der Waals surface area (Å²) in [6, 6.07) is 10.1. The molecule has 0 saturated carbocycles. The molecule has 9 nitrogen and oxygen atoms in total. The summed E-state index contributed by atoms with van der Waals surface area (Å²) in [7, 11) is 0. The van der Waals surface area contributed by atoms with Crippen molar-refractivity contribution >= 4 is 17.8 Å². The molecule has 13 heteroatoms. The quantitative estimate of drug-likeness (QED) is 0.428. The lowest BCUT2D eigenvalue weighted by Crippen LogP contribution is -2.41. The molecule has 206 valence electrons. The lowest BCUT2D eigenvalue weighted by atomic mass is 9.99. The molecule has 0 spiro atoms. The van der Waals surface area contributed by atoms with Crippen LogP contribution in [-0.4, -0.2) is 76.8 Å². The Morgan fingerprint density at radius 2 is 1.79 bits per heavy atom. The molecule has 2 aromatic heterocycles. The van der Waals surface area contributed by atoms with Gasteiger partial charge in [0.15, 0.2) is 0 Å². The van der Waals surface area contributed by atoms with Gasteiger partial charge in [-0.3, -0.25) is 14.6 Å². The van der Waals surface area contributed by atoms with Gasteiger partial charge in [0.25, 0.3) is 11.8 Å². The fraction of sp³-hybridized carbons (Fsp3) is 0.308. The second-order valence-electron chi connectivity index (χ2n) is 8.95. The van der Waals surface area contributed by atoms with Gasteiger partial charge in [-0.2, -0.15) is 13.2 Å². The molecule has 39 heavy (non-hydrogen) atoms. The molecule has 5 rings (SSSR count). The van der Waals surface area contributed by atoms with Crippen LogP contribution in [0.5, 0.6) is 0 Å². The lowest BCUT2D eigenvalue weighted by Gasteiger charge is -2.27. The van der Waals surface area contributed by atoms with E-state index >= 15 is 0 Å². The number of hydrogen-bond acceptors (Lipinski definition) is 5. The number of rotatable bonds is 3. The highest BCUT2D eigenvalue weighted by Gasteiger charge is 2.38. The minimum atomic E-state index is -5.08. The number of carboxylic acid groups (broad SMARTS) is 1. The standard InChI is InChI=1S/C24H23FN4O3.C2HF3O2/c1-14-13-27-23(30)18-12-21(28-22(14)18)16-4-5-26-20(11-16)15-2-3-17(19(25)10-15)24(31)29-6-8-32-9-7-29;3-2(4,5)1(6)7/h2-5,10-12,14,28H,6-9,13H2,1H3,(H,27,30);(H,6,7). The second-order valence-corrected chi connectivity index (χ2v) is 8.95. The molecule has 2 amide bonds. The largest absolute Gasteiger partial charge is 0.490 e. The summed E-state index contributed by atoms with van der Waals surface area (Å²) in [5.74, 6) is -3.55. The van der Waals surface area contributed by atoms with Crippen molar-refractivity contribution in [3.8, 4) is 22.5 Å². The Bertz CT molecular complexity index is 1400. The monoisotopic (exact) mass is 548 g/mol. The third-order valence-electron chi connectivity index (χ3n) is 6.26. The highest BCUT2D eigenvalue weighted by molar-refractivity contribution is 5.98. The number of carboxylic acids is 1. The van der Waals surface area contributed by atoms with E-state index in [2.05, 4.69) is 22.2 Å². The first-order chi connectivity index (χ1) is 18.5. The predicted octanol–water partition coefficient (Wildman–Crippen LogP) is 3.84. The minimum Gasteiger partial charge on any atom is -0.475 e. The topological polar surface area (TPSA) is 125 Å². The van der Waals surface area contributed by atoms with Crippen LogP contribution in [0.1, 0.15) is 39.3 Å². The minimum absolute atomic E-state index is 0.0452. The van der Waals surface area contributed by atoms with Crippen LogP contribution < -0.4 is 5.32 Å². The number of hydrogen-bond donors (Lipinski definition) is 3. The number of aliphatic carboxylic acids is 1. The van der Waals surface area contributed by atoms with Crippen molar-refractivity contribution in [1.29, 1.82) is 0 Å². The molecule has 4 heterocycles. The number of H-pyrrole nitrogens is 1. The van der Waals surface area contributed by atoms with Crippen molar-refractivity contribution in [1.82, 2.24) is 20.2 Å². The molecule has 2 aliphatic rings. The number of pyridine rings is 1. The first-order valence-corrected chi connectivity index (χ1v) is 11.9. The number of amides is 2. The highest BCUT2D eigenvalue weighted by atomic mass is 19.4. The third kappa shape index (κ3) is 6.25. The Kier molecular flexibility index (Phi) is 8.00. The molecule has 0 bridgehead atoms. The van der Waals surface area contributed by atoms with Crippen molar-refractivity contribution < 1.29 is 41.8 Å². The normalized spacial score (nSPS) is 17.0. The van der Waals surface area contributed by atoms with Crippen LogP contribution in [0.15, 0.2) is 42.6 Å². The maximum absolute atomic E-state index is 14.8. The summed E-state index contributed by atoms with van der Waals surface area (Å²) in [5.41, 5.74) is 4.42. The fourth-order valence-corrected chi connectivity index (χ4v) is 4.19. The van der Waals surface area contributed by atoms with Gasteiger partial charge in [0.05, 0.1) is 30.0 Å². The van der Waals surface area contributed by atoms with E-state index < -0.39 is 18.0 Å². The first-order valence-electron chi connectivity index (χ1n) is 11.9. The molecule has 1 atom stereocenters. The molecule has 3 aromatic rings.